The highest BCUT2D eigenvalue weighted by Gasteiger charge is 2.42. The zero-order valence-electron chi connectivity index (χ0n) is 26.2. The van der Waals surface area contributed by atoms with Crippen molar-refractivity contribution < 1.29 is 14.3 Å². The van der Waals surface area contributed by atoms with Gasteiger partial charge in [-0.05, 0) is 61.0 Å². The summed E-state index contributed by atoms with van der Waals surface area (Å²) in [6.45, 7) is 2.87. The molecule has 1 atom stereocenters. The van der Waals surface area contributed by atoms with E-state index < -0.39 is 5.66 Å². The first-order valence-corrected chi connectivity index (χ1v) is 15.1. The molecule has 0 saturated heterocycles. The first-order valence-electron chi connectivity index (χ1n) is 15.1. The molecule has 4 aromatic carbocycles. The molecular weight excluding hydrogens is 594 g/mol. The predicted molar refractivity (Wildman–Crippen MR) is 177 cm³/mol. The third-order valence-electron chi connectivity index (χ3n) is 8.32. The fourth-order valence-electron chi connectivity index (χ4n) is 5.86. The maximum Gasteiger partial charge on any atom is 0.255 e. The smallest absolute Gasteiger partial charge is 0.255 e. The molecule has 2 aromatic heterocycles. The van der Waals surface area contributed by atoms with Gasteiger partial charge in [-0.3, -0.25) is 4.79 Å². The summed E-state index contributed by atoms with van der Waals surface area (Å²) < 4.78 is 14.4. The van der Waals surface area contributed by atoms with Crippen molar-refractivity contribution in [3.8, 4) is 22.9 Å². The van der Waals surface area contributed by atoms with E-state index in [9.17, 15) is 4.79 Å². The lowest BCUT2D eigenvalue weighted by Gasteiger charge is -2.47. The van der Waals surface area contributed by atoms with Gasteiger partial charge in [0.25, 0.3) is 5.91 Å². The molecule has 236 valence electrons. The average Bonchev–Trinajstić information content (AvgIpc) is 3.79. The van der Waals surface area contributed by atoms with Gasteiger partial charge >= 0.3 is 0 Å². The van der Waals surface area contributed by atoms with Crippen molar-refractivity contribution in [1.82, 2.24) is 35.3 Å². The van der Waals surface area contributed by atoms with E-state index in [4.69, 9.17) is 9.47 Å². The molecule has 1 amide bonds. The number of rotatable bonds is 10. The molecule has 1 aliphatic heterocycles. The van der Waals surface area contributed by atoms with Crippen LogP contribution in [0.15, 0.2) is 109 Å². The quantitative estimate of drug-likeness (QED) is 0.214. The van der Waals surface area contributed by atoms with E-state index in [1.54, 1.807) is 23.6 Å². The second-order valence-electron chi connectivity index (χ2n) is 11.2. The Kier molecular flexibility index (Phi) is 7.74. The Morgan fingerprint density at radius 2 is 1.28 bits per heavy atom. The minimum atomic E-state index is -0.879. The van der Waals surface area contributed by atoms with Crippen LogP contribution in [0.1, 0.15) is 34.2 Å². The van der Waals surface area contributed by atoms with Crippen molar-refractivity contribution in [2.24, 2.45) is 0 Å². The number of carbonyl (C=O) groups is 1. The molecule has 3 heterocycles. The molecular formula is C35H33N9O3. The molecule has 0 radical (unpaired) electrons. The summed E-state index contributed by atoms with van der Waals surface area (Å²) in [7, 11) is 3.26. The van der Waals surface area contributed by atoms with Gasteiger partial charge in [-0.15, -0.1) is 10.2 Å². The summed E-state index contributed by atoms with van der Waals surface area (Å²) in [6, 6.07) is 30.9. The van der Waals surface area contributed by atoms with Crippen LogP contribution in [0.2, 0.25) is 0 Å². The van der Waals surface area contributed by atoms with E-state index in [-0.39, 0.29) is 5.91 Å². The van der Waals surface area contributed by atoms with Crippen molar-refractivity contribution in [3.05, 3.63) is 132 Å². The van der Waals surface area contributed by atoms with Crippen LogP contribution in [0.4, 0.5) is 11.4 Å². The fraction of sp³-hybridized carbons (Fsp3) is 0.171. The second-order valence-corrected chi connectivity index (χ2v) is 11.2. The number of aromatic nitrogens is 6. The van der Waals surface area contributed by atoms with Crippen molar-refractivity contribution in [3.63, 3.8) is 0 Å². The topological polar surface area (TPSA) is 124 Å². The van der Waals surface area contributed by atoms with Crippen molar-refractivity contribution >= 4 is 17.3 Å². The third kappa shape index (κ3) is 5.61. The second kappa shape index (κ2) is 12.3. The monoisotopic (exact) mass is 627 g/mol. The number of carbonyl (C=O) groups excluding carboxylic acids is 1. The van der Waals surface area contributed by atoms with E-state index in [1.807, 2.05) is 116 Å². The maximum atomic E-state index is 13.4. The van der Waals surface area contributed by atoms with Gasteiger partial charge in [0, 0.05) is 5.69 Å². The molecule has 7 rings (SSSR count). The zero-order chi connectivity index (χ0) is 32.4. The van der Waals surface area contributed by atoms with Crippen molar-refractivity contribution in [1.29, 1.82) is 0 Å². The van der Waals surface area contributed by atoms with E-state index in [0.717, 1.165) is 39.7 Å². The van der Waals surface area contributed by atoms with Crippen molar-refractivity contribution in [2.45, 2.75) is 25.7 Å². The normalized spacial score (nSPS) is 15.6. The SMILES string of the molecule is COc1ccccc1-n1cc(CNc2ccc(C3(C)NC(=O)c4ccccc4N3Cc3cn(-c4ccccc4OC)nn3)cc2)nn1. The number of methoxy groups -OCH3 is 2. The molecule has 0 fully saturated rings. The van der Waals surface area contributed by atoms with E-state index >= 15 is 0 Å². The van der Waals surface area contributed by atoms with Crippen LogP contribution in [0.5, 0.6) is 11.5 Å². The average molecular weight is 628 g/mol. The van der Waals surface area contributed by atoms with Crippen LogP contribution >= 0.6 is 0 Å². The highest BCUT2D eigenvalue weighted by molar-refractivity contribution is 6.02. The molecule has 6 aromatic rings. The molecule has 0 aliphatic carbocycles. The molecule has 12 nitrogen and oxygen atoms in total. The maximum absolute atomic E-state index is 13.4. The molecule has 12 heteroatoms. The van der Waals surface area contributed by atoms with Crippen LogP contribution in [0, 0.1) is 0 Å². The molecule has 47 heavy (non-hydrogen) atoms. The van der Waals surface area contributed by atoms with Gasteiger partial charge in [-0.2, -0.15) is 0 Å². The number of nitrogens with zero attached hydrogens (tertiary/aromatic N) is 7. The minimum absolute atomic E-state index is 0.141. The van der Waals surface area contributed by atoms with Crippen LogP contribution in [-0.2, 0) is 18.8 Å². The number of hydrogen-bond donors (Lipinski definition) is 2. The highest BCUT2D eigenvalue weighted by Crippen LogP contribution is 2.39. The molecule has 1 unspecified atom stereocenters. The molecule has 0 saturated carbocycles. The Morgan fingerprint density at radius 1 is 0.723 bits per heavy atom. The van der Waals surface area contributed by atoms with Crippen LogP contribution in [-0.4, -0.2) is 50.1 Å². The zero-order valence-corrected chi connectivity index (χ0v) is 26.2. The number of nitrogens with one attached hydrogen (secondary N) is 2. The number of para-hydroxylation sites is 5. The summed E-state index contributed by atoms with van der Waals surface area (Å²) in [5.41, 5.74) is 5.44. The number of ether oxygens (including phenoxy) is 2. The van der Waals surface area contributed by atoms with Gasteiger partial charge < -0.3 is 25.0 Å². The third-order valence-corrected chi connectivity index (χ3v) is 8.32. The number of hydrogen-bond acceptors (Lipinski definition) is 9. The minimum Gasteiger partial charge on any atom is -0.494 e. The van der Waals surface area contributed by atoms with E-state index in [0.29, 0.717) is 30.2 Å². The van der Waals surface area contributed by atoms with Crippen LogP contribution in [0.25, 0.3) is 11.4 Å². The van der Waals surface area contributed by atoms with Gasteiger partial charge in [-0.1, -0.05) is 59.0 Å². The molecule has 0 bridgehead atoms. The van der Waals surface area contributed by atoms with Gasteiger partial charge in [-0.25, -0.2) is 9.36 Å². The largest absolute Gasteiger partial charge is 0.494 e. The molecule has 1 aliphatic rings. The Balaban J connectivity index is 1.13. The van der Waals surface area contributed by atoms with Crippen LogP contribution < -0.4 is 25.0 Å². The lowest BCUT2D eigenvalue weighted by atomic mass is 9.93. The molecule has 2 N–H and O–H groups in total. The van der Waals surface area contributed by atoms with E-state index in [1.165, 1.54) is 0 Å². The standard InChI is InChI=1S/C35H33N9O3/c1-35(24-16-18-25(19-17-24)36-20-26-22-43(40-38-26)30-12-6-8-14-32(30)46-2)37-34(45)28-10-4-5-11-29(28)42(35)21-27-23-44(41-39-27)31-13-7-9-15-33(31)47-3/h4-19,22-23,36H,20-21H2,1-3H3,(H,37,45). The molecule has 0 spiro atoms. The summed E-state index contributed by atoms with van der Waals surface area (Å²) in [4.78, 5) is 15.5. The summed E-state index contributed by atoms with van der Waals surface area (Å²) in [5.74, 6) is 1.27. The predicted octanol–water partition coefficient (Wildman–Crippen LogP) is 5.10. The number of amides is 1. The Hall–Kier alpha value is -6.17. The lowest BCUT2D eigenvalue weighted by Crippen LogP contribution is -2.59. The van der Waals surface area contributed by atoms with Gasteiger partial charge in [0.1, 0.15) is 39.9 Å². The first-order chi connectivity index (χ1) is 23.0. The van der Waals surface area contributed by atoms with Crippen molar-refractivity contribution in [2.75, 3.05) is 24.4 Å². The van der Waals surface area contributed by atoms with Crippen LogP contribution in [0.3, 0.4) is 0 Å². The summed E-state index contributed by atoms with van der Waals surface area (Å²) in [6.07, 6.45) is 3.76. The lowest BCUT2D eigenvalue weighted by molar-refractivity contribution is 0.0885. The number of fused-ring (bicyclic) bond motifs is 1. The first kappa shape index (κ1) is 29.5. The van der Waals surface area contributed by atoms with Gasteiger partial charge in [0.15, 0.2) is 0 Å². The van der Waals surface area contributed by atoms with Gasteiger partial charge in [0.05, 0.1) is 51.0 Å². The highest BCUT2D eigenvalue weighted by atomic mass is 16.5. The summed E-state index contributed by atoms with van der Waals surface area (Å²) >= 11 is 0. The summed E-state index contributed by atoms with van der Waals surface area (Å²) in [5, 5.41) is 24.1. The Morgan fingerprint density at radius 3 is 1.91 bits per heavy atom. The number of anilines is 2. The van der Waals surface area contributed by atoms with E-state index in [2.05, 4.69) is 36.2 Å². The number of benzene rings is 4. The Labute approximate surface area is 271 Å². The fourth-order valence-corrected chi connectivity index (χ4v) is 5.86. The van der Waals surface area contributed by atoms with Gasteiger partial charge in [0.2, 0.25) is 0 Å². The Bertz CT molecular complexity index is 2040.